The lowest BCUT2D eigenvalue weighted by Crippen LogP contribution is -2.52. The van der Waals surface area contributed by atoms with Gasteiger partial charge in [-0.2, -0.15) is 0 Å². The van der Waals surface area contributed by atoms with Gasteiger partial charge >= 0.3 is 0 Å². The maximum Gasteiger partial charge on any atom is 0.239 e. The van der Waals surface area contributed by atoms with E-state index in [1.807, 2.05) is 30.6 Å². The second-order valence-corrected chi connectivity index (χ2v) is 3.32. The maximum atomic E-state index is 11.5. The molecule has 0 spiro atoms. The summed E-state index contributed by atoms with van der Waals surface area (Å²) in [6.07, 6.45) is 0. The van der Waals surface area contributed by atoms with Crippen molar-refractivity contribution in [1.29, 1.82) is 0 Å². The molecule has 0 unspecified atom stereocenters. The van der Waals surface area contributed by atoms with Crippen LogP contribution in [-0.2, 0) is 0 Å². The van der Waals surface area contributed by atoms with Crippen LogP contribution in [0, 0.1) is 6.92 Å². The molecule has 2 nitrogen and oxygen atoms in total. The van der Waals surface area contributed by atoms with Crippen molar-refractivity contribution in [3.63, 3.8) is 0 Å². The fraction of sp³-hybridized carbons (Fsp3) is 0.167. The van der Waals surface area contributed by atoms with E-state index in [1.54, 1.807) is 4.48 Å². The van der Waals surface area contributed by atoms with Crippen LogP contribution in [0.2, 0.25) is 0 Å². The number of nitrogens with zero attached hydrogens (tertiary/aromatic N) is 1. The molecule has 0 aliphatic heterocycles. The van der Waals surface area contributed by atoms with Gasteiger partial charge in [-0.3, -0.25) is 4.79 Å². The van der Waals surface area contributed by atoms with Crippen LogP contribution in [0.25, 0.3) is 0 Å². The summed E-state index contributed by atoms with van der Waals surface area (Å²) in [5, 5.41) is 0. The molecule has 1 aromatic heterocycles. The lowest BCUT2D eigenvalue weighted by atomic mass is 9.73. The standard InChI is InChI=1S/C6H11B4NO/c1-2-3(7)4(8)5(9)11(10)6(2)12/h7-10H2,1H3. The summed E-state index contributed by atoms with van der Waals surface area (Å²) in [5.74, 6) is 0. The van der Waals surface area contributed by atoms with E-state index in [1.165, 1.54) is 5.46 Å². The van der Waals surface area contributed by atoms with Gasteiger partial charge in [-0.25, -0.2) is 0 Å². The summed E-state index contributed by atoms with van der Waals surface area (Å²) in [7, 11) is 7.84. The first-order valence-corrected chi connectivity index (χ1v) is 4.10. The van der Waals surface area contributed by atoms with E-state index in [0.29, 0.717) is 0 Å². The van der Waals surface area contributed by atoms with E-state index in [0.717, 1.165) is 16.6 Å². The predicted molar refractivity (Wildman–Crippen MR) is 63.9 cm³/mol. The number of rotatable bonds is 0. The molecular formula is C6H11B4NO. The van der Waals surface area contributed by atoms with Gasteiger partial charge in [0, 0.05) is 5.56 Å². The van der Waals surface area contributed by atoms with Gasteiger partial charge in [0.05, 0.1) is 0 Å². The van der Waals surface area contributed by atoms with Crippen LogP contribution in [-0.4, -0.2) is 36.0 Å². The van der Waals surface area contributed by atoms with Crippen molar-refractivity contribution in [1.82, 2.24) is 4.48 Å². The lowest BCUT2D eigenvalue weighted by Gasteiger charge is -2.13. The largest absolute Gasteiger partial charge is 0.374 e. The maximum absolute atomic E-state index is 11.5. The van der Waals surface area contributed by atoms with Gasteiger partial charge < -0.3 is 4.48 Å². The van der Waals surface area contributed by atoms with Crippen LogP contribution in [0.15, 0.2) is 4.79 Å². The molecule has 0 fully saturated rings. The van der Waals surface area contributed by atoms with E-state index >= 15 is 0 Å². The van der Waals surface area contributed by atoms with Gasteiger partial charge in [0.1, 0.15) is 15.7 Å². The Balaban J connectivity index is 3.73. The smallest absolute Gasteiger partial charge is 0.239 e. The van der Waals surface area contributed by atoms with Gasteiger partial charge in [-0.1, -0.05) is 10.9 Å². The van der Waals surface area contributed by atoms with Crippen molar-refractivity contribution >= 4 is 48.0 Å². The van der Waals surface area contributed by atoms with Gasteiger partial charge in [0.15, 0.2) is 7.85 Å². The van der Waals surface area contributed by atoms with Crippen molar-refractivity contribution in [2.24, 2.45) is 0 Å². The molecule has 0 saturated heterocycles. The summed E-state index contributed by atoms with van der Waals surface area (Å²) >= 11 is 0. The first-order chi connectivity index (χ1) is 5.46. The van der Waals surface area contributed by atoms with Crippen molar-refractivity contribution in [3.05, 3.63) is 15.9 Å². The van der Waals surface area contributed by atoms with E-state index in [9.17, 15) is 4.79 Å². The minimum atomic E-state index is 0.121. The summed E-state index contributed by atoms with van der Waals surface area (Å²) in [6.45, 7) is 1.88. The highest BCUT2D eigenvalue weighted by Gasteiger charge is 2.06. The molecule has 0 radical (unpaired) electrons. The molecule has 0 aliphatic carbocycles. The molecular weight excluding hydrogens is 145 g/mol. The van der Waals surface area contributed by atoms with Gasteiger partial charge in [0.2, 0.25) is 13.5 Å². The lowest BCUT2D eigenvalue weighted by molar-refractivity contribution is 1.15. The highest BCUT2D eigenvalue weighted by atomic mass is 16.1. The highest BCUT2D eigenvalue weighted by Crippen LogP contribution is 1.75. The molecule has 0 amide bonds. The van der Waals surface area contributed by atoms with E-state index in [-0.39, 0.29) is 5.56 Å². The fourth-order valence-electron chi connectivity index (χ4n) is 1.37. The Hall–Kier alpha value is -0.790. The zero-order valence-corrected chi connectivity index (χ0v) is 8.36. The molecule has 0 bridgehead atoms. The second kappa shape index (κ2) is 2.92. The molecule has 0 saturated carbocycles. The van der Waals surface area contributed by atoms with Crippen LogP contribution in [0.4, 0.5) is 0 Å². The van der Waals surface area contributed by atoms with Crippen molar-refractivity contribution < 1.29 is 0 Å². The Morgan fingerprint density at radius 2 is 1.67 bits per heavy atom. The molecule has 1 rings (SSSR count). The molecule has 1 heterocycles. The topological polar surface area (TPSA) is 22.0 Å². The van der Waals surface area contributed by atoms with Crippen LogP contribution in [0.1, 0.15) is 5.56 Å². The third kappa shape index (κ3) is 1.15. The van der Waals surface area contributed by atoms with Crippen molar-refractivity contribution in [2.45, 2.75) is 6.92 Å². The zero-order valence-electron chi connectivity index (χ0n) is 8.36. The summed E-state index contributed by atoms with van der Waals surface area (Å²) in [6, 6.07) is 0. The van der Waals surface area contributed by atoms with Gasteiger partial charge in [-0.15, -0.1) is 0 Å². The minimum absolute atomic E-state index is 0.121. The molecule has 0 atom stereocenters. The monoisotopic (exact) mass is 157 g/mol. The quantitative estimate of drug-likeness (QED) is 0.343. The first-order valence-electron chi connectivity index (χ1n) is 4.10. The minimum Gasteiger partial charge on any atom is -0.374 e. The fourth-order valence-corrected chi connectivity index (χ4v) is 1.37. The highest BCUT2D eigenvalue weighted by molar-refractivity contribution is 6.57. The average molecular weight is 156 g/mol. The van der Waals surface area contributed by atoms with E-state index < -0.39 is 0 Å². The SMILES string of the molecule is Bc1c(B)c(B)n(B)c(=O)c1C. The number of hydrogen-bond donors (Lipinski definition) is 0. The second-order valence-electron chi connectivity index (χ2n) is 3.32. The summed E-state index contributed by atoms with van der Waals surface area (Å²) in [5.41, 5.74) is 4.38. The molecule has 6 heteroatoms. The molecule has 0 aliphatic rings. The Morgan fingerprint density at radius 1 is 1.17 bits per heavy atom. The third-order valence-corrected chi connectivity index (χ3v) is 2.80. The predicted octanol–water partition coefficient (Wildman–Crippen LogP) is -5.67. The van der Waals surface area contributed by atoms with Crippen molar-refractivity contribution in [2.75, 3.05) is 0 Å². The van der Waals surface area contributed by atoms with Gasteiger partial charge in [-0.05, 0) is 12.5 Å². The average Bonchev–Trinajstić information content (AvgIpc) is 2.08. The van der Waals surface area contributed by atoms with E-state index in [4.69, 9.17) is 0 Å². The number of hydrogen-bond acceptors (Lipinski definition) is 1. The zero-order chi connectivity index (χ0) is 9.46. The van der Waals surface area contributed by atoms with Crippen LogP contribution in [0.3, 0.4) is 0 Å². The number of pyridine rings is 1. The molecule has 12 heavy (non-hydrogen) atoms. The van der Waals surface area contributed by atoms with E-state index in [2.05, 4.69) is 7.85 Å². The molecule has 0 aromatic carbocycles. The first kappa shape index (κ1) is 9.30. The van der Waals surface area contributed by atoms with Crippen LogP contribution in [0.5, 0.6) is 0 Å². The molecule has 58 valence electrons. The van der Waals surface area contributed by atoms with Crippen molar-refractivity contribution in [3.8, 4) is 0 Å². The Morgan fingerprint density at radius 3 is 2.17 bits per heavy atom. The summed E-state index contributed by atoms with van der Waals surface area (Å²) in [4.78, 5) is 11.5. The Labute approximate surface area is 76.0 Å². The third-order valence-electron chi connectivity index (χ3n) is 2.80. The van der Waals surface area contributed by atoms with Crippen LogP contribution >= 0.6 is 0 Å². The Bertz CT molecular complexity index is 352. The normalized spacial score (nSPS) is 10.1. The number of aromatic nitrogens is 1. The molecule has 1 aromatic rings. The van der Waals surface area contributed by atoms with Crippen LogP contribution < -0.4 is 22.1 Å². The molecule has 0 N–H and O–H groups in total. The Kier molecular flexibility index (Phi) is 2.27. The van der Waals surface area contributed by atoms with Gasteiger partial charge in [0.25, 0.3) is 0 Å². The summed E-state index contributed by atoms with van der Waals surface area (Å²) < 4.78 is 1.71.